The second kappa shape index (κ2) is 10.3. The minimum absolute atomic E-state index is 0.450. The van der Waals surface area contributed by atoms with Crippen molar-refractivity contribution in [2.24, 2.45) is 0 Å². The fourth-order valence-electron chi connectivity index (χ4n) is 2.49. The smallest absolute Gasteiger partial charge is 0.244 e. The highest BCUT2D eigenvalue weighted by Gasteiger charge is 2.01. The van der Waals surface area contributed by atoms with Crippen molar-refractivity contribution < 1.29 is 9.47 Å². The molecule has 8 heteroatoms. The van der Waals surface area contributed by atoms with E-state index in [0.29, 0.717) is 24.9 Å². The Labute approximate surface area is 169 Å². The SMILES string of the molecule is COc1ccc(OCCNc2nncc(NCCc3cccc(Cl)c3)n2)cc1. The van der Waals surface area contributed by atoms with Gasteiger partial charge in [-0.15, -0.1) is 5.10 Å². The van der Waals surface area contributed by atoms with Crippen LogP contribution >= 0.6 is 11.6 Å². The quantitative estimate of drug-likeness (QED) is 0.503. The van der Waals surface area contributed by atoms with Crippen LogP contribution in [-0.2, 0) is 6.42 Å². The first-order chi connectivity index (χ1) is 13.7. The monoisotopic (exact) mass is 399 g/mol. The van der Waals surface area contributed by atoms with Crippen molar-refractivity contribution in [3.05, 3.63) is 65.3 Å². The predicted molar refractivity (Wildman–Crippen MR) is 110 cm³/mol. The largest absolute Gasteiger partial charge is 0.497 e. The van der Waals surface area contributed by atoms with Crippen LogP contribution in [0.15, 0.2) is 54.7 Å². The summed E-state index contributed by atoms with van der Waals surface area (Å²) in [5, 5.41) is 15.0. The normalized spacial score (nSPS) is 10.4. The molecule has 0 aliphatic heterocycles. The van der Waals surface area contributed by atoms with Gasteiger partial charge in [0.05, 0.1) is 19.9 Å². The van der Waals surface area contributed by atoms with Crippen molar-refractivity contribution in [2.45, 2.75) is 6.42 Å². The molecule has 0 aliphatic carbocycles. The number of benzene rings is 2. The van der Waals surface area contributed by atoms with Gasteiger partial charge >= 0.3 is 0 Å². The molecule has 0 spiro atoms. The molecule has 0 radical (unpaired) electrons. The predicted octanol–water partition coefficient (Wildman–Crippen LogP) is 3.68. The van der Waals surface area contributed by atoms with Gasteiger partial charge in [0.15, 0.2) is 5.82 Å². The van der Waals surface area contributed by atoms with Gasteiger partial charge in [-0.2, -0.15) is 10.1 Å². The van der Waals surface area contributed by atoms with Crippen molar-refractivity contribution in [1.29, 1.82) is 0 Å². The Kier molecular flexibility index (Phi) is 7.26. The Morgan fingerprint density at radius 1 is 1.00 bits per heavy atom. The Hall–Kier alpha value is -3.06. The van der Waals surface area contributed by atoms with Gasteiger partial charge in [0.1, 0.15) is 18.1 Å². The van der Waals surface area contributed by atoms with E-state index in [1.807, 2.05) is 48.5 Å². The molecule has 0 aliphatic rings. The molecule has 0 amide bonds. The molecule has 1 aromatic heterocycles. The lowest BCUT2D eigenvalue weighted by molar-refractivity contribution is 0.331. The third-order valence-corrected chi connectivity index (χ3v) is 4.12. The molecule has 28 heavy (non-hydrogen) atoms. The van der Waals surface area contributed by atoms with E-state index in [1.54, 1.807) is 13.3 Å². The minimum Gasteiger partial charge on any atom is -0.497 e. The Morgan fingerprint density at radius 3 is 2.61 bits per heavy atom. The highest BCUT2D eigenvalue weighted by molar-refractivity contribution is 6.30. The van der Waals surface area contributed by atoms with Crippen LogP contribution in [0.1, 0.15) is 5.56 Å². The van der Waals surface area contributed by atoms with E-state index in [2.05, 4.69) is 25.8 Å². The molecular formula is C20H22ClN5O2. The molecule has 1 heterocycles. The number of rotatable bonds is 10. The summed E-state index contributed by atoms with van der Waals surface area (Å²) < 4.78 is 10.8. The van der Waals surface area contributed by atoms with Crippen LogP contribution in [-0.4, -0.2) is 42.0 Å². The fourth-order valence-corrected chi connectivity index (χ4v) is 2.71. The molecule has 2 N–H and O–H groups in total. The summed E-state index contributed by atoms with van der Waals surface area (Å²) in [6.07, 6.45) is 2.43. The van der Waals surface area contributed by atoms with Crippen LogP contribution in [0.3, 0.4) is 0 Å². The van der Waals surface area contributed by atoms with Gasteiger partial charge in [0, 0.05) is 11.6 Å². The summed E-state index contributed by atoms with van der Waals surface area (Å²) in [5.74, 6) is 2.68. The summed E-state index contributed by atoms with van der Waals surface area (Å²) in [4.78, 5) is 4.39. The molecule has 7 nitrogen and oxygen atoms in total. The van der Waals surface area contributed by atoms with E-state index in [4.69, 9.17) is 21.1 Å². The summed E-state index contributed by atoms with van der Waals surface area (Å²) in [6, 6.07) is 15.2. The minimum atomic E-state index is 0.450. The lowest BCUT2D eigenvalue weighted by Gasteiger charge is -2.09. The number of halogens is 1. The average Bonchev–Trinajstić information content (AvgIpc) is 2.72. The lowest BCUT2D eigenvalue weighted by Crippen LogP contribution is -2.15. The van der Waals surface area contributed by atoms with Crippen LogP contribution in [0.4, 0.5) is 11.8 Å². The molecule has 0 fully saturated rings. The van der Waals surface area contributed by atoms with E-state index in [0.717, 1.165) is 35.1 Å². The van der Waals surface area contributed by atoms with Crippen LogP contribution in [0.2, 0.25) is 5.02 Å². The Morgan fingerprint density at radius 2 is 1.82 bits per heavy atom. The molecule has 0 saturated carbocycles. The molecule has 0 unspecified atom stereocenters. The zero-order valence-electron chi connectivity index (χ0n) is 15.6. The first-order valence-electron chi connectivity index (χ1n) is 8.92. The number of methoxy groups -OCH3 is 1. The van der Waals surface area contributed by atoms with Crippen molar-refractivity contribution in [3.63, 3.8) is 0 Å². The van der Waals surface area contributed by atoms with Crippen molar-refractivity contribution in [3.8, 4) is 11.5 Å². The molecule has 0 atom stereocenters. The van der Waals surface area contributed by atoms with Crippen molar-refractivity contribution >= 4 is 23.4 Å². The van der Waals surface area contributed by atoms with Crippen LogP contribution in [0.25, 0.3) is 0 Å². The summed E-state index contributed by atoms with van der Waals surface area (Å²) in [5.41, 5.74) is 1.16. The summed E-state index contributed by atoms with van der Waals surface area (Å²) in [6.45, 7) is 1.75. The standard InChI is InChI=1S/C20H22ClN5O2/c1-27-17-5-7-18(8-6-17)28-12-11-23-20-25-19(14-24-26-20)22-10-9-15-3-2-4-16(21)13-15/h2-8,13-14H,9-12H2,1H3,(H2,22,23,25,26). The maximum Gasteiger partial charge on any atom is 0.244 e. The maximum atomic E-state index is 6.00. The molecule has 146 valence electrons. The topological polar surface area (TPSA) is 81.2 Å². The first-order valence-corrected chi connectivity index (χ1v) is 9.29. The fraction of sp³-hybridized carbons (Fsp3) is 0.250. The van der Waals surface area contributed by atoms with Gasteiger partial charge in [-0.1, -0.05) is 23.7 Å². The number of hydrogen-bond acceptors (Lipinski definition) is 7. The molecule has 3 aromatic rings. The van der Waals surface area contributed by atoms with Crippen molar-refractivity contribution in [2.75, 3.05) is 37.4 Å². The zero-order valence-corrected chi connectivity index (χ0v) is 16.3. The highest BCUT2D eigenvalue weighted by atomic mass is 35.5. The molecule has 0 saturated heterocycles. The van der Waals surface area contributed by atoms with Crippen LogP contribution < -0.4 is 20.1 Å². The van der Waals surface area contributed by atoms with E-state index >= 15 is 0 Å². The lowest BCUT2D eigenvalue weighted by atomic mass is 10.1. The molecule has 0 bridgehead atoms. The van der Waals surface area contributed by atoms with Gasteiger partial charge in [-0.25, -0.2) is 0 Å². The maximum absolute atomic E-state index is 6.00. The molecule has 3 rings (SSSR count). The van der Waals surface area contributed by atoms with E-state index in [9.17, 15) is 0 Å². The van der Waals surface area contributed by atoms with Gasteiger partial charge in [0.25, 0.3) is 0 Å². The van der Waals surface area contributed by atoms with E-state index in [1.165, 1.54) is 0 Å². The van der Waals surface area contributed by atoms with Gasteiger partial charge < -0.3 is 20.1 Å². The highest BCUT2D eigenvalue weighted by Crippen LogP contribution is 2.16. The van der Waals surface area contributed by atoms with E-state index < -0.39 is 0 Å². The van der Waals surface area contributed by atoms with Gasteiger partial charge in [-0.05, 0) is 48.4 Å². The second-order valence-corrected chi connectivity index (χ2v) is 6.36. The van der Waals surface area contributed by atoms with Crippen molar-refractivity contribution in [1.82, 2.24) is 15.2 Å². The zero-order chi connectivity index (χ0) is 19.6. The number of hydrogen-bond donors (Lipinski definition) is 2. The number of aromatic nitrogens is 3. The first kappa shape index (κ1) is 19.7. The number of ether oxygens (including phenoxy) is 2. The number of nitrogens with one attached hydrogen (secondary N) is 2. The second-order valence-electron chi connectivity index (χ2n) is 5.92. The third-order valence-electron chi connectivity index (χ3n) is 3.88. The number of anilines is 2. The van der Waals surface area contributed by atoms with E-state index in [-0.39, 0.29) is 0 Å². The number of nitrogens with zero attached hydrogens (tertiary/aromatic N) is 3. The van der Waals surface area contributed by atoms with Gasteiger partial charge in [-0.3, -0.25) is 0 Å². The average molecular weight is 400 g/mol. The molecule has 2 aromatic carbocycles. The Bertz CT molecular complexity index is 876. The van der Waals surface area contributed by atoms with Crippen LogP contribution in [0.5, 0.6) is 11.5 Å². The molecular weight excluding hydrogens is 378 g/mol. The Balaban J connectivity index is 1.40. The summed E-state index contributed by atoms with van der Waals surface area (Å²) in [7, 11) is 1.63. The third kappa shape index (κ3) is 6.28. The summed E-state index contributed by atoms with van der Waals surface area (Å²) >= 11 is 6.00. The van der Waals surface area contributed by atoms with Crippen LogP contribution in [0, 0.1) is 0 Å². The van der Waals surface area contributed by atoms with Gasteiger partial charge in [0.2, 0.25) is 5.95 Å².